The summed E-state index contributed by atoms with van der Waals surface area (Å²) < 4.78 is 2.16. The monoisotopic (exact) mass is 276 g/mol. The predicted octanol–water partition coefficient (Wildman–Crippen LogP) is 3.72. The fourth-order valence-corrected chi connectivity index (χ4v) is 3.79. The second kappa shape index (κ2) is 4.76. The highest BCUT2D eigenvalue weighted by Gasteiger charge is 2.39. The Morgan fingerprint density at radius 2 is 2.32 bits per heavy atom. The second-order valence-electron chi connectivity index (χ2n) is 6.03. The molecule has 1 fully saturated rings. The van der Waals surface area contributed by atoms with E-state index in [0.29, 0.717) is 0 Å². The van der Waals surface area contributed by atoms with Gasteiger partial charge in [-0.3, -0.25) is 0 Å². The van der Waals surface area contributed by atoms with Crippen LogP contribution in [0.15, 0.2) is 29.9 Å². The zero-order valence-corrected chi connectivity index (χ0v) is 12.2. The lowest BCUT2D eigenvalue weighted by molar-refractivity contribution is -0.0257. The number of aromatic nitrogens is 2. The zero-order chi connectivity index (χ0) is 13.5. The Balaban J connectivity index is 1.97. The first-order valence-corrected chi connectivity index (χ1v) is 7.72. The standard InChI is InChI=1S/C15H20N2OS/c1-15(2)7-3-5-11(13(15)18)17-9-8-16-14(17)12-6-4-10-19-12/h4,6,8-11,13,18H,3,5,7H2,1-2H3. The van der Waals surface area contributed by atoms with Crippen molar-refractivity contribution in [2.75, 3.05) is 0 Å². The third-order valence-corrected chi connectivity index (χ3v) is 5.12. The predicted molar refractivity (Wildman–Crippen MR) is 78.2 cm³/mol. The van der Waals surface area contributed by atoms with Gasteiger partial charge in [-0.1, -0.05) is 26.3 Å². The highest BCUT2D eigenvalue weighted by Crippen LogP contribution is 2.42. The first kappa shape index (κ1) is 12.9. The van der Waals surface area contributed by atoms with Crippen LogP contribution in [0.25, 0.3) is 10.7 Å². The first-order valence-electron chi connectivity index (χ1n) is 6.84. The quantitative estimate of drug-likeness (QED) is 0.907. The van der Waals surface area contributed by atoms with E-state index in [2.05, 4.69) is 34.8 Å². The molecule has 1 aliphatic rings. The largest absolute Gasteiger partial charge is 0.390 e. The molecule has 1 N–H and O–H groups in total. The number of hydrogen-bond acceptors (Lipinski definition) is 3. The number of aliphatic hydroxyl groups excluding tert-OH is 1. The number of imidazole rings is 1. The van der Waals surface area contributed by atoms with Crippen LogP contribution in [0.1, 0.15) is 39.2 Å². The number of hydrogen-bond donors (Lipinski definition) is 1. The Hall–Kier alpha value is -1.13. The molecule has 19 heavy (non-hydrogen) atoms. The molecule has 3 rings (SSSR count). The van der Waals surface area contributed by atoms with Crippen LogP contribution in [0.3, 0.4) is 0 Å². The summed E-state index contributed by atoms with van der Waals surface area (Å²) in [7, 11) is 0. The van der Waals surface area contributed by atoms with Gasteiger partial charge in [0.1, 0.15) is 5.82 Å². The molecule has 102 valence electrons. The maximum atomic E-state index is 10.6. The average Bonchev–Trinajstić information content (AvgIpc) is 3.01. The Kier molecular flexibility index (Phi) is 3.23. The van der Waals surface area contributed by atoms with E-state index < -0.39 is 0 Å². The lowest BCUT2D eigenvalue weighted by atomic mass is 9.72. The van der Waals surface area contributed by atoms with E-state index in [4.69, 9.17) is 0 Å². The van der Waals surface area contributed by atoms with Crippen LogP contribution in [0.2, 0.25) is 0 Å². The van der Waals surface area contributed by atoms with Crippen molar-refractivity contribution in [2.45, 2.75) is 45.3 Å². The van der Waals surface area contributed by atoms with Crippen molar-refractivity contribution in [1.29, 1.82) is 0 Å². The van der Waals surface area contributed by atoms with Gasteiger partial charge in [-0.05, 0) is 29.7 Å². The maximum absolute atomic E-state index is 10.6. The van der Waals surface area contributed by atoms with Gasteiger partial charge in [0.15, 0.2) is 0 Å². The van der Waals surface area contributed by atoms with Gasteiger partial charge < -0.3 is 9.67 Å². The lowest BCUT2D eigenvalue weighted by Gasteiger charge is -2.41. The van der Waals surface area contributed by atoms with Crippen LogP contribution in [-0.4, -0.2) is 20.8 Å². The van der Waals surface area contributed by atoms with Gasteiger partial charge in [0.2, 0.25) is 0 Å². The topological polar surface area (TPSA) is 38.0 Å². The summed E-state index contributed by atoms with van der Waals surface area (Å²) in [4.78, 5) is 5.65. The third kappa shape index (κ3) is 2.23. The molecule has 2 heterocycles. The Labute approximate surface area is 117 Å². The molecule has 2 unspecified atom stereocenters. The van der Waals surface area contributed by atoms with Crippen molar-refractivity contribution >= 4 is 11.3 Å². The van der Waals surface area contributed by atoms with Gasteiger partial charge in [0.25, 0.3) is 0 Å². The molecule has 2 atom stereocenters. The Bertz CT molecular complexity index is 544. The van der Waals surface area contributed by atoms with Crippen LogP contribution in [-0.2, 0) is 0 Å². The fourth-order valence-electron chi connectivity index (χ4n) is 3.06. The molecule has 2 aromatic rings. The molecule has 3 nitrogen and oxygen atoms in total. The van der Waals surface area contributed by atoms with E-state index in [-0.39, 0.29) is 17.6 Å². The van der Waals surface area contributed by atoms with Crippen molar-refractivity contribution in [3.05, 3.63) is 29.9 Å². The summed E-state index contributed by atoms with van der Waals surface area (Å²) >= 11 is 1.69. The van der Waals surface area contributed by atoms with Gasteiger partial charge in [-0.2, -0.15) is 0 Å². The molecule has 0 spiro atoms. The van der Waals surface area contributed by atoms with Crippen LogP contribution in [0.5, 0.6) is 0 Å². The van der Waals surface area contributed by atoms with E-state index in [1.54, 1.807) is 11.3 Å². The minimum Gasteiger partial charge on any atom is -0.390 e. The van der Waals surface area contributed by atoms with Crippen molar-refractivity contribution < 1.29 is 5.11 Å². The maximum Gasteiger partial charge on any atom is 0.150 e. The fraction of sp³-hybridized carbons (Fsp3) is 0.533. The van der Waals surface area contributed by atoms with Crippen molar-refractivity contribution in [1.82, 2.24) is 9.55 Å². The van der Waals surface area contributed by atoms with Crippen LogP contribution in [0, 0.1) is 5.41 Å². The van der Waals surface area contributed by atoms with Gasteiger partial charge in [0, 0.05) is 12.4 Å². The first-order chi connectivity index (χ1) is 9.09. The molecule has 0 saturated heterocycles. The highest BCUT2D eigenvalue weighted by atomic mass is 32.1. The Morgan fingerprint density at radius 3 is 3.05 bits per heavy atom. The van der Waals surface area contributed by atoms with Crippen LogP contribution < -0.4 is 0 Å². The molecule has 0 aromatic carbocycles. The molecular weight excluding hydrogens is 256 g/mol. The molecule has 0 radical (unpaired) electrons. The van der Waals surface area contributed by atoms with Gasteiger partial charge >= 0.3 is 0 Å². The third-order valence-electron chi connectivity index (χ3n) is 4.25. The number of aliphatic hydroxyl groups is 1. The molecule has 1 aliphatic carbocycles. The normalized spacial score (nSPS) is 26.5. The summed E-state index contributed by atoms with van der Waals surface area (Å²) in [6.45, 7) is 4.32. The molecule has 0 aliphatic heterocycles. The van der Waals surface area contributed by atoms with Crippen LogP contribution >= 0.6 is 11.3 Å². The Morgan fingerprint density at radius 1 is 1.47 bits per heavy atom. The number of nitrogens with zero attached hydrogens (tertiary/aromatic N) is 2. The molecule has 0 bridgehead atoms. The van der Waals surface area contributed by atoms with Gasteiger partial charge in [0.05, 0.1) is 17.0 Å². The van der Waals surface area contributed by atoms with Crippen molar-refractivity contribution in [2.24, 2.45) is 5.41 Å². The van der Waals surface area contributed by atoms with Crippen molar-refractivity contribution in [3.63, 3.8) is 0 Å². The van der Waals surface area contributed by atoms with Crippen molar-refractivity contribution in [3.8, 4) is 10.7 Å². The number of rotatable bonds is 2. The SMILES string of the molecule is CC1(C)CCCC(n2ccnc2-c2cccs2)C1O. The minimum atomic E-state index is -0.311. The van der Waals surface area contributed by atoms with E-state index in [1.807, 2.05) is 18.5 Å². The molecule has 4 heteroatoms. The van der Waals surface area contributed by atoms with E-state index >= 15 is 0 Å². The summed E-state index contributed by atoms with van der Waals surface area (Å²) in [6, 6.07) is 4.27. The van der Waals surface area contributed by atoms with E-state index in [1.165, 1.54) is 4.88 Å². The van der Waals surface area contributed by atoms with Gasteiger partial charge in [-0.25, -0.2) is 4.98 Å². The summed E-state index contributed by atoms with van der Waals surface area (Å²) in [5.41, 5.74) is -0.0140. The second-order valence-corrected chi connectivity index (χ2v) is 6.98. The van der Waals surface area contributed by atoms with E-state index in [0.717, 1.165) is 25.1 Å². The number of thiophene rings is 1. The summed E-state index contributed by atoms with van der Waals surface area (Å²) in [5, 5.41) is 12.7. The smallest absolute Gasteiger partial charge is 0.150 e. The van der Waals surface area contributed by atoms with Gasteiger partial charge in [-0.15, -0.1) is 11.3 Å². The minimum absolute atomic E-state index is 0.0140. The zero-order valence-electron chi connectivity index (χ0n) is 11.4. The summed E-state index contributed by atoms with van der Waals surface area (Å²) in [6.07, 6.45) is 6.81. The highest BCUT2D eigenvalue weighted by molar-refractivity contribution is 7.13. The van der Waals surface area contributed by atoms with E-state index in [9.17, 15) is 5.11 Å². The molecule has 1 saturated carbocycles. The lowest BCUT2D eigenvalue weighted by Crippen LogP contribution is -2.40. The molecule has 2 aromatic heterocycles. The summed E-state index contributed by atoms with van der Waals surface area (Å²) in [5.74, 6) is 0.983. The molecule has 0 amide bonds. The molecular formula is C15H20N2OS. The average molecular weight is 276 g/mol. The van der Waals surface area contributed by atoms with Crippen LogP contribution in [0.4, 0.5) is 0 Å².